The van der Waals surface area contributed by atoms with E-state index in [2.05, 4.69) is 0 Å². The van der Waals surface area contributed by atoms with Gasteiger partial charge in [-0.2, -0.15) is 0 Å². The van der Waals surface area contributed by atoms with E-state index in [9.17, 15) is 2.74 Å². The molecule has 108 valence electrons. The third-order valence-corrected chi connectivity index (χ3v) is 3.77. The van der Waals surface area contributed by atoms with Gasteiger partial charge in [0.2, 0.25) is 0 Å². The van der Waals surface area contributed by atoms with E-state index < -0.39 is 97.1 Å². The third-order valence-electron chi connectivity index (χ3n) is 3.77. The Hall–Kier alpha value is -1.02. The van der Waals surface area contributed by atoms with Gasteiger partial charge in [0.15, 0.2) is 0 Å². The van der Waals surface area contributed by atoms with Gasteiger partial charge in [0, 0.05) is 30.6 Å². The lowest BCUT2D eigenvalue weighted by molar-refractivity contribution is 0.00274. The van der Waals surface area contributed by atoms with Crippen LogP contribution in [0.3, 0.4) is 0 Å². The van der Waals surface area contributed by atoms with Crippen molar-refractivity contribution in [1.82, 2.24) is 4.90 Å². The summed E-state index contributed by atoms with van der Waals surface area (Å²) in [6.45, 7) is -3.39. The van der Waals surface area contributed by atoms with E-state index in [1.165, 1.54) is 0 Å². The van der Waals surface area contributed by atoms with Crippen molar-refractivity contribution in [1.29, 1.82) is 0 Å². The highest BCUT2D eigenvalue weighted by Crippen LogP contribution is 2.55. The zero-order valence-corrected chi connectivity index (χ0v) is 11.1. The van der Waals surface area contributed by atoms with E-state index >= 15 is 0 Å². The van der Waals surface area contributed by atoms with Gasteiger partial charge in [0.25, 0.3) is 0 Å². The van der Waals surface area contributed by atoms with Crippen LogP contribution >= 0.6 is 0 Å². The van der Waals surface area contributed by atoms with Gasteiger partial charge in [0.05, 0.1) is 11.2 Å². The lowest BCUT2D eigenvalue weighted by Gasteiger charge is -2.58. The molecule has 1 aromatic rings. The molecule has 0 aromatic heterocycles. The lowest BCUT2D eigenvalue weighted by Crippen LogP contribution is -2.59. The fourth-order valence-electron chi connectivity index (χ4n) is 2.75. The summed E-state index contributed by atoms with van der Waals surface area (Å²) in [6.07, 6.45) is -20.5. The fraction of sp³-hybridized carbons (Fsp3) is 0.667. The largest absolute Gasteiger partial charge is 0.497 e. The number of fused-ring (bicyclic) bond motifs is 1. The molecule has 20 heavy (non-hydrogen) atoms. The van der Waals surface area contributed by atoms with Gasteiger partial charge in [-0.3, -0.25) is 0 Å². The predicted octanol–water partition coefficient (Wildman–Crippen LogP) is 3.38. The summed E-state index contributed by atoms with van der Waals surface area (Å²) >= 11 is 0. The molecule has 0 unspecified atom stereocenters. The predicted molar refractivity (Wildman–Crippen MR) is 81.4 cm³/mol. The summed E-state index contributed by atoms with van der Waals surface area (Å²) in [5.41, 5.74) is -5.23. The van der Waals surface area contributed by atoms with Crippen molar-refractivity contribution in [3.63, 3.8) is 0 Å². The van der Waals surface area contributed by atoms with Crippen molar-refractivity contribution in [2.24, 2.45) is 5.89 Å². The molecule has 3 atom stereocenters. The monoisotopic (exact) mass is 288 g/mol. The van der Waals surface area contributed by atoms with E-state index in [1.807, 2.05) is 0 Å². The van der Waals surface area contributed by atoms with Crippen LogP contribution < -0.4 is 4.74 Å². The zero-order valence-electron chi connectivity index (χ0n) is 28.1. The van der Waals surface area contributed by atoms with Gasteiger partial charge >= 0.3 is 0 Å². The molecule has 3 aliphatic rings. The van der Waals surface area contributed by atoms with E-state index in [0.717, 1.165) is 14.2 Å². The first kappa shape index (κ1) is 4.04. The Kier molecular flexibility index (Phi) is 0.907. The Morgan fingerprint density at radius 3 is 3.20 bits per heavy atom. The van der Waals surface area contributed by atoms with E-state index in [-0.39, 0.29) is 0 Å². The minimum Gasteiger partial charge on any atom is -0.497 e. The highest BCUT2D eigenvalue weighted by Gasteiger charge is 2.53. The van der Waals surface area contributed by atoms with Gasteiger partial charge in [0.1, 0.15) is 5.75 Å². The molecule has 1 saturated carbocycles. The number of likely N-dealkylation sites (N-methyl/N-ethyl adjacent to an activating group) is 1. The Morgan fingerprint density at radius 2 is 2.35 bits per heavy atom. The summed E-state index contributed by atoms with van der Waals surface area (Å²) < 4.78 is 154. The summed E-state index contributed by atoms with van der Waals surface area (Å²) in [6, 6.07) is -5.50. The topological polar surface area (TPSA) is 12.5 Å². The molecule has 2 fully saturated rings. The zero-order chi connectivity index (χ0) is 29.0. The molecular formula is C18H25NO. The molecule has 0 amide bonds. The van der Waals surface area contributed by atoms with E-state index in [1.54, 1.807) is 0 Å². The second-order valence-corrected chi connectivity index (χ2v) is 4.81. The van der Waals surface area contributed by atoms with Crippen LogP contribution in [0, 0.1) is 5.89 Å². The van der Waals surface area contributed by atoms with Crippen LogP contribution in [-0.2, 0) is 11.8 Å². The summed E-state index contributed by atoms with van der Waals surface area (Å²) in [4.78, 5) is 0.357. The normalized spacial score (nSPS) is 71.0. The van der Waals surface area contributed by atoms with Gasteiger partial charge in [-0.25, -0.2) is 0 Å². The molecule has 2 bridgehead atoms. The first-order valence-electron chi connectivity index (χ1n) is 14.7. The molecule has 0 N–H and O–H groups in total. The highest BCUT2D eigenvalue weighted by molar-refractivity contribution is 5.45. The van der Waals surface area contributed by atoms with Gasteiger partial charge in [-0.15, -0.1) is 0 Å². The van der Waals surface area contributed by atoms with Crippen LogP contribution in [0.15, 0.2) is 18.1 Å². The maximum atomic E-state index is 9.52. The average molecular weight is 289 g/mol. The molecule has 1 heterocycles. The Labute approximate surface area is 146 Å². The summed E-state index contributed by atoms with van der Waals surface area (Å²) in [7, 11) is 1.85. The number of likely N-dealkylation sites (tertiary alicyclic amines) is 1. The Morgan fingerprint density at radius 1 is 1.45 bits per heavy atom. The van der Waals surface area contributed by atoms with Gasteiger partial charge in [-0.05, 0) is 68.2 Å². The van der Waals surface area contributed by atoms with Crippen molar-refractivity contribution >= 4 is 0 Å². The number of hydrogen-bond acceptors (Lipinski definition) is 2. The smallest absolute Gasteiger partial charge is 0.119 e. The standard InChI is InChI=1S/C18H25NO/c1-19-10-9-18-8-4-3-5-15(18)17(19)11-13-6-7-14(20-2)12-16(13)18/h6-7,12,15,17H,3-5,8-11H2,1-2H3/t15-,17+,18+/m1/s1/i3D2,4D2,5D2,6D,7D,8D2,9D2,10D2,12D,15D,17D. The fourth-order valence-corrected chi connectivity index (χ4v) is 2.75. The van der Waals surface area contributed by atoms with Crippen molar-refractivity contribution in [3.8, 4) is 5.75 Å². The average Bonchev–Trinajstić information content (AvgIpc) is 2.76. The molecule has 0 spiro atoms. The van der Waals surface area contributed by atoms with Crippen LogP contribution in [0.2, 0.25) is 0 Å². The number of hydrogen-bond donors (Lipinski definition) is 0. The summed E-state index contributed by atoms with van der Waals surface area (Å²) in [5, 5.41) is 0. The van der Waals surface area contributed by atoms with Crippen LogP contribution in [0.25, 0.3) is 0 Å². The van der Waals surface area contributed by atoms with Crippen LogP contribution in [0.1, 0.15) is 66.3 Å². The molecule has 2 nitrogen and oxygen atoms in total. The summed E-state index contributed by atoms with van der Waals surface area (Å²) in [5.74, 6) is -4.35. The van der Waals surface area contributed by atoms with Crippen LogP contribution in [-0.4, -0.2) is 31.6 Å². The van der Waals surface area contributed by atoms with Crippen molar-refractivity contribution in [3.05, 3.63) is 29.3 Å². The molecule has 2 heteroatoms. The number of rotatable bonds is 1. The molecular weight excluding hydrogens is 246 g/mol. The first-order valence-corrected chi connectivity index (χ1v) is 6.21. The minimum absolute atomic E-state index is 0.357. The second-order valence-electron chi connectivity index (χ2n) is 4.81. The van der Waals surface area contributed by atoms with Gasteiger partial charge < -0.3 is 9.64 Å². The number of benzene rings is 1. The van der Waals surface area contributed by atoms with Crippen LogP contribution in [0.5, 0.6) is 5.75 Å². The molecule has 0 radical (unpaired) electrons. The van der Waals surface area contributed by atoms with Crippen molar-refractivity contribution in [2.45, 2.75) is 49.7 Å². The Balaban J connectivity index is 2.48. The SMILES string of the molecule is [2H]c1c([2H])c(OC)c([2H])c2c1C[C@]1([2H])N(C)C([2H])([2H])C([2H])([2H])[C@]23C([2H])([2H])C([2H])([2H])C([2H])([2H])C([2H])([2H])[C@@]31[2H]. The molecule has 2 aliphatic carbocycles. The van der Waals surface area contributed by atoms with Crippen molar-refractivity contribution < 1.29 is 28.0 Å². The third kappa shape index (κ3) is 1.60. The van der Waals surface area contributed by atoms with E-state index in [4.69, 9.17) is 25.3 Å². The first-order chi connectivity index (χ1) is 16.3. The minimum atomic E-state index is -3.99. The quantitative estimate of drug-likeness (QED) is 0.785. The lowest BCUT2D eigenvalue weighted by atomic mass is 9.52. The second kappa shape index (κ2) is 4.49. The maximum absolute atomic E-state index is 9.52. The Bertz CT molecular complexity index is 1210. The molecule has 4 rings (SSSR count). The number of ether oxygens (including phenoxy) is 1. The molecule has 1 aliphatic heterocycles. The highest BCUT2D eigenvalue weighted by atomic mass is 16.5. The van der Waals surface area contributed by atoms with Crippen LogP contribution in [0.4, 0.5) is 0 Å². The molecule has 1 aromatic carbocycles. The molecule has 1 saturated heterocycles. The number of nitrogens with zero attached hydrogens (tertiary/aromatic N) is 1. The number of methoxy groups -OCH3 is 1. The number of piperidine rings is 1. The van der Waals surface area contributed by atoms with Crippen molar-refractivity contribution in [2.75, 3.05) is 20.7 Å². The van der Waals surface area contributed by atoms with E-state index in [0.29, 0.717) is 4.90 Å². The van der Waals surface area contributed by atoms with Gasteiger partial charge in [-0.1, -0.05) is 18.8 Å². The maximum Gasteiger partial charge on any atom is 0.119 e.